The summed E-state index contributed by atoms with van der Waals surface area (Å²) in [6.45, 7) is 0. The lowest BCUT2D eigenvalue weighted by Gasteiger charge is -2.09. The quantitative estimate of drug-likeness (QED) is 0.754. The van der Waals surface area contributed by atoms with E-state index in [0.717, 1.165) is 12.2 Å². The number of nitrogens with zero attached hydrogens (tertiary/aromatic N) is 1. The van der Waals surface area contributed by atoms with Crippen LogP contribution >= 0.6 is 11.8 Å². The Bertz CT molecular complexity index is 690. The van der Waals surface area contributed by atoms with Gasteiger partial charge in [-0.3, -0.25) is 4.79 Å². The molecule has 0 spiro atoms. The van der Waals surface area contributed by atoms with Gasteiger partial charge >= 0.3 is 0 Å². The summed E-state index contributed by atoms with van der Waals surface area (Å²) in [7, 11) is 3.08. The van der Waals surface area contributed by atoms with Crippen molar-refractivity contribution in [3.05, 3.63) is 36.0 Å². The second kappa shape index (κ2) is 8.60. The molecule has 0 fully saturated rings. The van der Waals surface area contributed by atoms with Crippen molar-refractivity contribution in [3.63, 3.8) is 0 Å². The van der Waals surface area contributed by atoms with Gasteiger partial charge in [-0.2, -0.15) is 11.8 Å². The summed E-state index contributed by atoms with van der Waals surface area (Å²) >= 11 is 1.70. The number of anilines is 1. The number of nitrogens with one attached hydrogen (secondary N) is 1. The van der Waals surface area contributed by atoms with E-state index in [1.165, 1.54) is 13.4 Å². The molecule has 2 rings (SSSR count). The average Bonchev–Trinajstić information content (AvgIpc) is 3.09. The van der Waals surface area contributed by atoms with Crippen molar-refractivity contribution in [1.29, 1.82) is 0 Å². The highest BCUT2D eigenvalue weighted by Crippen LogP contribution is 2.30. The largest absolute Gasteiger partial charge is 0.493 e. The fourth-order valence-corrected chi connectivity index (χ4v) is 2.53. The van der Waals surface area contributed by atoms with Crippen LogP contribution in [0.1, 0.15) is 28.8 Å². The van der Waals surface area contributed by atoms with Crippen LogP contribution in [0.5, 0.6) is 11.5 Å². The second-order valence-electron chi connectivity index (χ2n) is 4.98. The minimum atomic E-state index is -0.380. The minimum Gasteiger partial charge on any atom is -0.493 e. The number of aromatic nitrogens is 1. The van der Waals surface area contributed by atoms with E-state index < -0.39 is 0 Å². The molecular weight excluding hydrogens is 330 g/mol. The maximum Gasteiger partial charge on any atom is 0.277 e. The van der Waals surface area contributed by atoms with Crippen LogP contribution in [0.15, 0.2) is 28.9 Å². The summed E-state index contributed by atoms with van der Waals surface area (Å²) in [5, 5.41) is 2.74. The van der Waals surface area contributed by atoms with Crippen molar-refractivity contribution >= 4 is 23.4 Å². The van der Waals surface area contributed by atoms with Gasteiger partial charge in [-0.05, 0) is 30.6 Å². The third kappa shape index (κ3) is 4.42. The fraction of sp³-hybridized carbons (Fsp3) is 0.375. The first-order valence-corrected chi connectivity index (χ1v) is 8.71. The maximum absolute atomic E-state index is 12.3. The van der Waals surface area contributed by atoms with Crippen LogP contribution in [0.2, 0.25) is 0 Å². The molecule has 1 aromatic carbocycles. The molecule has 0 saturated carbocycles. The first-order chi connectivity index (χ1) is 11.6. The van der Waals surface area contributed by atoms with E-state index in [0.29, 0.717) is 23.1 Å². The number of carbonyl (C=O) groups is 1. The molecule has 2 aromatic rings. The number of ether oxygens (including phenoxy) is 2. The van der Waals surface area contributed by atoms with E-state index in [4.69, 9.17) is 19.6 Å². The summed E-state index contributed by atoms with van der Waals surface area (Å²) in [6, 6.07) is 4.77. The summed E-state index contributed by atoms with van der Waals surface area (Å²) in [4.78, 5) is 16.4. The lowest BCUT2D eigenvalue weighted by molar-refractivity contribution is 0.102. The van der Waals surface area contributed by atoms with Gasteiger partial charge in [0.15, 0.2) is 17.2 Å². The number of nitrogens with two attached hydrogens (primary N) is 1. The molecule has 1 unspecified atom stereocenters. The zero-order chi connectivity index (χ0) is 17.5. The molecule has 130 valence electrons. The Morgan fingerprint density at radius 3 is 2.79 bits per heavy atom. The number of rotatable bonds is 8. The smallest absolute Gasteiger partial charge is 0.277 e. The standard InChI is InChI=1S/C16H21N3O4S/c1-21-13-5-4-10(8-14(13)22-2)18-15(20)12-9-23-16(19-12)11(17)6-7-24-3/h4-5,8-9,11H,6-7,17H2,1-3H3,(H,18,20). The average molecular weight is 351 g/mol. The van der Waals surface area contributed by atoms with Gasteiger partial charge in [0.2, 0.25) is 5.89 Å². The zero-order valence-electron chi connectivity index (χ0n) is 13.9. The number of hydrogen-bond donors (Lipinski definition) is 2. The number of thioether (sulfide) groups is 1. The van der Waals surface area contributed by atoms with Crippen molar-refractivity contribution in [1.82, 2.24) is 4.98 Å². The number of methoxy groups -OCH3 is 2. The highest BCUT2D eigenvalue weighted by molar-refractivity contribution is 7.98. The molecular formula is C16H21N3O4S. The second-order valence-corrected chi connectivity index (χ2v) is 5.97. The van der Waals surface area contributed by atoms with Gasteiger partial charge in [0.1, 0.15) is 6.26 Å². The van der Waals surface area contributed by atoms with Crippen LogP contribution in [0.4, 0.5) is 5.69 Å². The van der Waals surface area contributed by atoms with Crippen molar-refractivity contribution in [2.45, 2.75) is 12.5 Å². The lowest BCUT2D eigenvalue weighted by Crippen LogP contribution is -2.15. The van der Waals surface area contributed by atoms with E-state index in [1.54, 1.807) is 37.1 Å². The van der Waals surface area contributed by atoms with Crippen LogP contribution in [0, 0.1) is 0 Å². The molecule has 24 heavy (non-hydrogen) atoms. The lowest BCUT2D eigenvalue weighted by atomic mass is 10.2. The molecule has 0 bridgehead atoms. The molecule has 1 heterocycles. The Balaban J connectivity index is 2.06. The van der Waals surface area contributed by atoms with E-state index in [-0.39, 0.29) is 17.6 Å². The van der Waals surface area contributed by atoms with Gasteiger partial charge in [-0.15, -0.1) is 0 Å². The molecule has 7 nitrogen and oxygen atoms in total. The minimum absolute atomic E-state index is 0.180. The van der Waals surface area contributed by atoms with Gasteiger partial charge < -0.3 is 24.9 Å². The van der Waals surface area contributed by atoms with Gasteiger partial charge in [0.25, 0.3) is 5.91 Å². The van der Waals surface area contributed by atoms with Crippen LogP contribution in [-0.2, 0) is 0 Å². The summed E-state index contributed by atoms with van der Waals surface area (Å²) in [5.74, 6) is 1.99. The first-order valence-electron chi connectivity index (χ1n) is 7.32. The number of oxazole rings is 1. The Kier molecular flexibility index (Phi) is 6.51. The molecule has 0 aliphatic carbocycles. The molecule has 0 radical (unpaired) electrons. The Hall–Kier alpha value is -2.19. The first kappa shape index (κ1) is 18.2. The van der Waals surface area contributed by atoms with E-state index in [1.807, 2.05) is 6.26 Å². The number of benzene rings is 1. The van der Waals surface area contributed by atoms with Crippen molar-refractivity contribution in [3.8, 4) is 11.5 Å². The summed E-state index contributed by atoms with van der Waals surface area (Å²) in [5.41, 5.74) is 6.73. The van der Waals surface area contributed by atoms with Gasteiger partial charge in [0, 0.05) is 11.8 Å². The molecule has 0 aliphatic heterocycles. The topological polar surface area (TPSA) is 99.6 Å². The Labute approximate surface area is 144 Å². The highest BCUT2D eigenvalue weighted by Gasteiger charge is 2.17. The molecule has 1 amide bonds. The van der Waals surface area contributed by atoms with Crippen molar-refractivity contribution in [2.24, 2.45) is 5.73 Å². The van der Waals surface area contributed by atoms with E-state index >= 15 is 0 Å². The Morgan fingerprint density at radius 2 is 2.12 bits per heavy atom. The van der Waals surface area contributed by atoms with E-state index in [2.05, 4.69) is 10.3 Å². The maximum atomic E-state index is 12.3. The Morgan fingerprint density at radius 1 is 1.38 bits per heavy atom. The fourth-order valence-electron chi connectivity index (χ4n) is 2.04. The third-order valence-corrected chi connectivity index (χ3v) is 3.99. The highest BCUT2D eigenvalue weighted by atomic mass is 32.2. The number of amides is 1. The predicted octanol–water partition coefficient (Wildman–Crippen LogP) is 2.70. The van der Waals surface area contributed by atoms with E-state index in [9.17, 15) is 4.79 Å². The molecule has 8 heteroatoms. The predicted molar refractivity (Wildman–Crippen MR) is 93.9 cm³/mol. The van der Waals surface area contributed by atoms with Crippen LogP contribution in [-0.4, -0.2) is 37.1 Å². The number of carbonyl (C=O) groups excluding carboxylic acids is 1. The summed E-state index contributed by atoms with van der Waals surface area (Å²) < 4.78 is 15.7. The van der Waals surface area contributed by atoms with Crippen molar-refractivity contribution in [2.75, 3.05) is 31.5 Å². The third-order valence-electron chi connectivity index (χ3n) is 3.35. The molecule has 0 aliphatic rings. The SMILES string of the molecule is COc1ccc(NC(=O)c2coc(C(N)CCSC)n2)cc1OC. The molecule has 3 N–H and O–H groups in total. The molecule has 0 saturated heterocycles. The monoisotopic (exact) mass is 351 g/mol. The summed E-state index contributed by atoms with van der Waals surface area (Å²) in [6.07, 6.45) is 4.05. The normalized spacial score (nSPS) is 11.8. The number of hydrogen-bond acceptors (Lipinski definition) is 7. The molecule has 1 atom stereocenters. The van der Waals surface area contributed by atoms with Gasteiger partial charge in [-0.25, -0.2) is 4.98 Å². The van der Waals surface area contributed by atoms with Gasteiger partial charge in [0.05, 0.1) is 20.3 Å². The van der Waals surface area contributed by atoms with Gasteiger partial charge in [-0.1, -0.05) is 0 Å². The van der Waals surface area contributed by atoms with Crippen LogP contribution in [0.3, 0.4) is 0 Å². The van der Waals surface area contributed by atoms with Crippen LogP contribution < -0.4 is 20.5 Å². The molecule has 1 aromatic heterocycles. The zero-order valence-corrected chi connectivity index (χ0v) is 14.7. The van der Waals surface area contributed by atoms with Crippen LogP contribution in [0.25, 0.3) is 0 Å². The van der Waals surface area contributed by atoms with Crippen molar-refractivity contribution < 1.29 is 18.7 Å².